The first-order valence-electron chi connectivity index (χ1n) is 6.60. The Morgan fingerprint density at radius 1 is 0.800 bits per heavy atom. The van der Waals surface area contributed by atoms with Crippen molar-refractivity contribution in [3.05, 3.63) is 0 Å². The summed E-state index contributed by atoms with van der Waals surface area (Å²) in [7, 11) is 0. The highest BCUT2D eigenvalue weighted by Gasteiger charge is 1.94. The number of hydrogen-bond donors (Lipinski definition) is 1. The lowest BCUT2D eigenvalue weighted by Crippen LogP contribution is -1.87. The molecule has 1 N–H and O–H groups in total. The molecule has 0 aromatic heterocycles. The van der Waals surface area contributed by atoms with E-state index in [-0.39, 0.29) is 0 Å². The molecule has 0 rings (SSSR count). The van der Waals surface area contributed by atoms with Crippen molar-refractivity contribution < 1.29 is 0 Å². The van der Waals surface area contributed by atoms with E-state index in [1.807, 2.05) is 0 Å². The molecule has 0 unspecified atom stereocenters. The summed E-state index contributed by atoms with van der Waals surface area (Å²) in [5, 5.41) is 3.36. The zero-order valence-corrected chi connectivity index (χ0v) is 10.6. The van der Waals surface area contributed by atoms with Gasteiger partial charge in [0, 0.05) is 0 Å². The molecule has 0 aliphatic heterocycles. The van der Waals surface area contributed by atoms with E-state index < -0.39 is 0 Å². The van der Waals surface area contributed by atoms with E-state index in [0.717, 1.165) is 18.9 Å². The standard InChI is InChI=1S/C13H28N2/c1-13(2)11-9-7-5-3-4-6-8-10-12-15-14/h13-14H,3-12H2,1-2H3. The van der Waals surface area contributed by atoms with Crippen LogP contribution >= 0.6 is 0 Å². The summed E-state index contributed by atoms with van der Waals surface area (Å²) in [6.45, 7) is 5.34. The second kappa shape index (κ2) is 11.7. The normalized spacial score (nSPS) is 10.9. The molecule has 0 heterocycles. The fraction of sp³-hybridized carbons (Fsp3) is 1.00. The first-order chi connectivity index (χ1) is 7.27. The molecule has 0 bridgehead atoms. The summed E-state index contributed by atoms with van der Waals surface area (Å²) in [4.78, 5) is 0. The summed E-state index contributed by atoms with van der Waals surface area (Å²) >= 11 is 0. The predicted molar refractivity (Wildman–Crippen MR) is 66.4 cm³/mol. The van der Waals surface area contributed by atoms with Gasteiger partial charge in [-0.1, -0.05) is 65.2 Å². The Balaban J connectivity index is 2.89. The second-order valence-corrected chi connectivity index (χ2v) is 4.89. The van der Waals surface area contributed by atoms with Crippen LogP contribution in [0.25, 0.3) is 0 Å². The van der Waals surface area contributed by atoms with Gasteiger partial charge in [-0.25, -0.2) is 5.53 Å². The van der Waals surface area contributed by atoms with Gasteiger partial charge >= 0.3 is 0 Å². The van der Waals surface area contributed by atoms with Crippen LogP contribution in [0, 0.1) is 11.4 Å². The van der Waals surface area contributed by atoms with Crippen LogP contribution < -0.4 is 0 Å². The van der Waals surface area contributed by atoms with E-state index >= 15 is 0 Å². The van der Waals surface area contributed by atoms with Crippen molar-refractivity contribution in [3.8, 4) is 0 Å². The molecular formula is C13H28N2. The Hall–Kier alpha value is -0.400. The first kappa shape index (κ1) is 14.6. The van der Waals surface area contributed by atoms with Gasteiger partial charge in [0.25, 0.3) is 0 Å². The van der Waals surface area contributed by atoms with Crippen LogP contribution in [0.2, 0.25) is 0 Å². The third kappa shape index (κ3) is 13.6. The lowest BCUT2D eigenvalue weighted by molar-refractivity contribution is 0.507. The van der Waals surface area contributed by atoms with E-state index in [0.29, 0.717) is 0 Å². The molecule has 0 aliphatic carbocycles. The van der Waals surface area contributed by atoms with Crippen LogP contribution in [0.3, 0.4) is 0 Å². The molecule has 0 saturated heterocycles. The van der Waals surface area contributed by atoms with Gasteiger partial charge < -0.3 is 0 Å². The number of nitrogens with zero attached hydrogens (tertiary/aromatic N) is 1. The second-order valence-electron chi connectivity index (χ2n) is 4.89. The quantitative estimate of drug-likeness (QED) is 0.362. The van der Waals surface area contributed by atoms with Gasteiger partial charge in [-0.15, -0.1) is 0 Å². The van der Waals surface area contributed by atoms with Crippen LogP contribution in [0.15, 0.2) is 5.11 Å². The fourth-order valence-corrected chi connectivity index (χ4v) is 1.80. The maximum atomic E-state index is 6.65. The molecule has 0 radical (unpaired) electrons. The average molecular weight is 212 g/mol. The van der Waals surface area contributed by atoms with Crippen molar-refractivity contribution in [3.63, 3.8) is 0 Å². The summed E-state index contributed by atoms with van der Waals surface area (Å²) < 4.78 is 0. The highest BCUT2D eigenvalue weighted by Crippen LogP contribution is 2.12. The SMILES string of the molecule is CC(C)CCCCCCCCCCN=N. The minimum absolute atomic E-state index is 0.731. The first-order valence-corrected chi connectivity index (χ1v) is 6.60. The van der Waals surface area contributed by atoms with Gasteiger partial charge in [0.1, 0.15) is 0 Å². The summed E-state index contributed by atoms with van der Waals surface area (Å²) in [6.07, 6.45) is 12.1. The highest BCUT2D eigenvalue weighted by molar-refractivity contribution is 4.49. The van der Waals surface area contributed by atoms with Gasteiger partial charge in [0.15, 0.2) is 0 Å². The minimum atomic E-state index is 0.731. The topological polar surface area (TPSA) is 36.2 Å². The highest BCUT2D eigenvalue weighted by atomic mass is 14.9. The van der Waals surface area contributed by atoms with Crippen LogP contribution in [0.5, 0.6) is 0 Å². The minimum Gasteiger partial charge on any atom is -0.210 e. The molecule has 0 aromatic rings. The molecule has 90 valence electrons. The van der Waals surface area contributed by atoms with E-state index in [1.54, 1.807) is 0 Å². The van der Waals surface area contributed by atoms with Crippen LogP contribution in [0.4, 0.5) is 0 Å². The molecule has 0 spiro atoms. The predicted octanol–water partition coefficient (Wildman–Crippen LogP) is 5.18. The van der Waals surface area contributed by atoms with Gasteiger partial charge in [0.2, 0.25) is 0 Å². The van der Waals surface area contributed by atoms with E-state index in [1.165, 1.54) is 51.4 Å². The van der Waals surface area contributed by atoms with E-state index in [2.05, 4.69) is 19.0 Å². The summed E-state index contributed by atoms with van der Waals surface area (Å²) in [6, 6.07) is 0. The molecule has 0 aliphatic rings. The summed E-state index contributed by atoms with van der Waals surface area (Å²) in [5.41, 5.74) is 6.65. The Bertz CT molecular complexity index is 132. The van der Waals surface area contributed by atoms with Gasteiger partial charge in [0.05, 0.1) is 6.54 Å². The van der Waals surface area contributed by atoms with Gasteiger partial charge in [-0.3, -0.25) is 0 Å². The number of hydrogen-bond acceptors (Lipinski definition) is 2. The maximum absolute atomic E-state index is 6.65. The van der Waals surface area contributed by atoms with Crippen molar-refractivity contribution in [1.82, 2.24) is 0 Å². The zero-order chi connectivity index (χ0) is 11.4. The maximum Gasteiger partial charge on any atom is 0.0596 e. The molecule has 0 saturated carbocycles. The Morgan fingerprint density at radius 2 is 1.27 bits per heavy atom. The third-order valence-electron chi connectivity index (χ3n) is 2.80. The molecule has 0 fully saturated rings. The van der Waals surface area contributed by atoms with Crippen molar-refractivity contribution in [1.29, 1.82) is 5.53 Å². The Kier molecular flexibility index (Phi) is 11.4. The van der Waals surface area contributed by atoms with E-state index in [9.17, 15) is 0 Å². The Labute approximate surface area is 95.4 Å². The molecule has 0 atom stereocenters. The van der Waals surface area contributed by atoms with Gasteiger partial charge in [-0.05, 0) is 12.3 Å². The van der Waals surface area contributed by atoms with Crippen molar-refractivity contribution in [2.24, 2.45) is 11.0 Å². The lowest BCUT2D eigenvalue weighted by atomic mass is 10.0. The molecule has 0 amide bonds. The van der Waals surface area contributed by atoms with Crippen molar-refractivity contribution >= 4 is 0 Å². The smallest absolute Gasteiger partial charge is 0.0596 e. The average Bonchev–Trinajstić information content (AvgIpc) is 2.20. The monoisotopic (exact) mass is 212 g/mol. The van der Waals surface area contributed by atoms with Crippen LogP contribution in [0.1, 0.15) is 71.6 Å². The Morgan fingerprint density at radius 3 is 1.73 bits per heavy atom. The molecule has 2 heteroatoms. The number of unbranched alkanes of at least 4 members (excludes halogenated alkanes) is 7. The van der Waals surface area contributed by atoms with Gasteiger partial charge in [-0.2, -0.15) is 5.11 Å². The fourth-order valence-electron chi connectivity index (χ4n) is 1.80. The lowest BCUT2D eigenvalue weighted by Gasteiger charge is -2.04. The largest absolute Gasteiger partial charge is 0.210 e. The molecule has 0 aromatic carbocycles. The summed E-state index contributed by atoms with van der Waals surface area (Å²) in [5.74, 6) is 0.874. The van der Waals surface area contributed by atoms with Crippen molar-refractivity contribution in [2.45, 2.75) is 71.6 Å². The number of rotatable bonds is 11. The third-order valence-corrected chi connectivity index (χ3v) is 2.80. The molecule has 15 heavy (non-hydrogen) atoms. The number of nitrogens with one attached hydrogen (secondary N) is 1. The molecular weight excluding hydrogens is 184 g/mol. The van der Waals surface area contributed by atoms with Crippen molar-refractivity contribution in [2.75, 3.05) is 6.54 Å². The van der Waals surface area contributed by atoms with E-state index in [4.69, 9.17) is 5.53 Å². The van der Waals surface area contributed by atoms with Crippen LogP contribution in [-0.4, -0.2) is 6.54 Å². The molecule has 2 nitrogen and oxygen atoms in total. The zero-order valence-electron chi connectivity index (χ0n) is 10.6. The van der Waals surface area contributed by atoms with Crippen LogP contribution in [-0.2, 0) is 0 Å².